The molecule has 0 radical (unpaired) electrons. The quantitative estimate of drug-likeness (QED) is 0.763. The molecule has 1 heterocycles. The number of hydrogen-bond donors (Lipinski definition) is 1. The first-order valence-corrected chi connectivity index (χ1v) is 9.19. The van der Waals surface area contributed by atoms with Crippen molar-refractivity contribution in [1.29, 1.82) is 0 Å². The monoisotopic (exact) mass is 371 g/mol. The summed E-state index contributed by atoms with van der Waals surface area (Å²) in [7, 11) is 4.98. The second-order valence-electron chi connectivity index (χ2n) is 6.39. The van der Waals surface area contributed by atoms with Crippen LogP contribution in [0.4, 0.5) is 4.79 Å². The summed E-state index contributed by atoms with van der Waals surface area (Å²) < 4.78 is 10.6. The lowest BCUT2D eigenvalue weighted by atomic mass is 10.0. The summed E-state index contributed by atoms with van der Waals surface area (Å²) in [5.74, 6) is 1.32. The van der Waals surface area contributed by atoms with Crippen molar-refractivity contribution >= 4 is 6.03 Å². The minimum atomic E-state index is -0.141. The lowest BCUT2D eigenvalue weighted by Gasteiger charge is -2.23. The van der Waals surface area contributed by atoms with Crippen molar-refractivity contribution in [2.24, 2.45) is 0 Å². The number of carbonyl (C=O) groups excluding carboxylic acids is 1. The number of rotatable bonds is 8. The maximum atomic E-state index is 12.6. The van der Waals surface area contributed by atoms with Crippen LogP contribution in [0.15, 0.2) is 36.5 Å². The summed E-state index contributed by atoms with van der Waals surface area (Å²) in [6, 6.07) is 9.46. The van der Waals surface area contributed by atoms with Gasteiger partial charge in [0.15, 0.2) is 11.5 Å². The Morgan fingerprint density at radius 2 is 1.89 bits per heavy atom. The number of ether oxygens (including phenoxy) is 2. The molecule has 1 aromatic heterocycles. The molecular weight excluding hydrogens is 342 g/mol. The highest BCUT2D eigenvalue weighted by molar-refractivity contribution is 5.74. The molecule has 0 bridgehead atoms. The molecule has 2 aromatic rings. The van der Waals surface area contributed by atoms with E-state index in [0.717, 1.165) is 24.1 Å². The van der Waals surface area contributed by atoms with Gasteiger partial charge in [-0.15, -0.1) is 0 Å². The standard InChI is InChI=1S/C21H29N3O3/c1-6-15-8-10-17(22-13-15)14-24(3)21(25)23-18(7-2)16-9-11-19(26-4)20(12-16)27-5/h8-13,18H,6-7,14H2,1-5H3,(H,23,25)/t18-/m1/s1. The minimum Gasteiger partial charge on any atom is -0.493 e. The van der Waals surface area contributed by atoms with E-state index in [0.29, 0.717) is 18.0 Å². The number of carbonyl (C=O) groups is 1. The van der Waals surface area contributed by atoms with E-state index in [-0.39, 0.29) is 12.1 Å². The average molecular weight is 371 g/mol. The Hall–Kier alpha value is -2.76. The highest BCUT2D eigenvalue weighted by Crippen LogP contribution is 2.30. The van der Waals surface area contributed by atoms with Crippen LogP contribution in [0.1, 0.15) is 43.1 Å². The first-order chi connectivity index (χ1) is 13.0. The van der Waals surface area contributed by atoms with Gasteiger partial charge in [0.2, 0.25) is 0 Å². The molecular formula is C21H29N3O3. The van der Waals surface area contributed by atoms with E-state index in [9.17, 15) is 4.79 Å². The number of aryl methyl sites for hydroxylation is 1. The molecule has 146 valence electrons. The van der Waals surface area contributed by atoms with Crippen LogP contribution in [0.25, 0.3) is 0 Å². The third kappa shape index (κ3) is 5.36. The molecule has 0 aliphatic carbocycles. The van der Waals surface area contributed by atoms with Crippen molar-refractivity contribution in [1.82, 2.24) is 15.2 Å². The van der Waals surface area contributed by atoms with Crippen molar-refractivity contribution in [2.45, 2.75) is 39.3 Å². The van der Waals surface area contributed by atoms with Gasteiger partial charge in [0.05, 0.1) is 32.5 Å². The van der Waals surface area contributed by atoms with Crippen LogP contribution < -0.4 is 14.8 Å². The van der Waals surface area contributed by atoms with Crippen molar-refractivity contribution in [3.05, 3.63) is 53.3 Å². The van der Waals surface area contributed by atoms with Gasteiger partial charge in [-0.05, 0) is 42.2 Å². The average Bonchev–Trinajstić information content (AvgIpc) is 2.71. The molecule has 0 saturated heterocycles. The van der Waals surface area contributed by atoms with Gasteiger partial charge in [-0.3, -0.25) is 4.98 Å². The number of nitrogens with one attached hydrogen (secondary N) is 1. The van der Waals surface area contributed by atoms with Crippen molar-refractivity contribution < 1.29 is 14.3 Å². The lowest BCUT2D eigenvalue weighted by molar-refractivity contribution is 0.201. The second-order valence-corrected chi connectivity index (χ2v) is 6.39. The largest absolute Gasteiger partial charge is 0.493 e. The first-order valence-electron chi connectivity index (χ1n) is 9.19. The van der Waals surface area contributed by atoms with Gasteiger partial charge in [-0.1, -0.05) is 26.0 Å². The van der Waals surface area contributed by atoms with Crippen LogP contribution in [0.5, 0.6) is 11.5 Å². The van der Waals surface area contributed by atoms with Crippen molar-refractivity contribution in [3.63, 3.8) is 0 Å². The topological polar surface area (TPSA) is 63.7 Å². The summed E-state index contributed by atoms with van der Waals surface area (Å²) in [5, 5.41) is 3.08. The molecule has 2 amide bonds. The summed E-state index contributed by atoms with van der Waals surface area (Å²) >= 11 is 0. The summed E-state index contributed by atoms with van der Waals surface area (Å²) in [6.07, 6.45) is 3.57. The van der Waals surface area contributed by atoms with Crippen LogP contribution in [-0.4, -0.2) is 37.2 Å². The fraction of sp³-hybridized carbons (Fsp3) is 0.429. The Balaban J connectivity index is 2.04. The summed E-state index contributed by atoms with van der Waals surface area (Å²) in [5.41, 5.74) is 3.02. The van der Waals surface area contributed by atoms with E-state index in [1.807, 2.05) is 43.5 Å². The first kappa shape index (κ1) is 20.6. The Morgan fingerprint density at radius 3 is 2.44 bits per heavy atom. The Bertz CT molecular complexity index is 747. The molecule has 6 nitrogen and oxygen atoms in total. The van der Waals surface area contributed by atoms with E-state index < -0.39 is 0 Å². The molecule has 1 N–H and O–H groups in total. The molecule has 0 spiro atoms. The number of nitrogens with zero attached hydrogens (tertiary/aromatic N) is 2. The number of hydrogen-bond acceptors (Lipinski definition) is 4. The Labute approximate surface area is 161 Å². The molecule has 0 saturated carbocycles. The van der Waals surface area contributed by atoms with Crippen molar-refractivity contribution in [2.75, 3.05) is 21.3 Å². The molecule has 0 fully saturated rings. The van der Waals surface area contributed by atoms with Crippen molar-refractivity contribution in [3.8, 4) is 11.5 Å². The molecule has 27 heavy (non-hydrogen) atoms. The zero-order valence-electron chi connectivity index (χ0n) is 16.8. The van der Waals surface area contributed by atoms with E-state index >= 15 is 0 Å². The van der Waals surface area contributed by atoms with Gasteiger partial charge < -0.3 is 19.7 Å². The predicted octanol–water partition coefficient (Wildman–Crippen LogP) is 3.95. The van der Waals surface area contributed by atoms with E-state index in [4.69, 9.17) is 9.47 Å². The number of amides is 2. The molecule has 1 aromatic carbocycles. The van der Waals surface area contributed by atoms with Gasteiger partial charge in [-0.2, -0.15) is 0 Å². The van der Waals surface area contributed by atoms with Crippen LogP contribution in [0, 0.1) is 0 Å². The number of aromatic nitrogens is 1. The zero-order valence-corrected chi connectivity index (χ0v) is 16.8. The van der Waals surface area contributed by atoms with Crippen LogP contribution >= 0.6 is 0 Å². The second kappa shape index (κ2) is 9.80. The third-order valence-electron chi connectivity index (χ3n) is 4.56. The maximum Gasteiger partial charge on any atom is 0.317 e. The summed E-state index contributed by atoms with van der Waals surface area (Å²) in [4.78, 5) is 18.7. The van der Waals surface area contributed by atoms with Gasteiger partial charge >= 0.3 is 6.03 Å². The molecule has 6 heteroatoms. The minimum absolute atomic E-state index is 0.116. The van der Waals surface area contributed by atoms with Crippen LogP contribution in [-0.2, 0) is 13.0 Å². The molecule has 0 unspecified atom stereocenters. The number of urea groups is 1. The summed E-state index contributed by atoms with van der Waals surface area (Å²) in [6.45, 7) is 4.58. The Morgan fingerprint density at radius 1 is 1.15 bits per heavy atom. The van der Waals surface area contributed by atoms with E-state index in [2.05, 4.69) is 17.2 Å². The molecule has 2 rings (SSSR count). The number of benzene rings is 1. The maximum absolute atomic E-state index is 12.6. The third-order valence-corrected chi connectivity index (χ3v) is 4.56. The van der Waals surface area contributed by atoms with Gasteiger partial charge in [0, 0.05) is 13.2 Å². The van der Waals surface area contributed by atoms with Crippen LogP contribution in [0.3, 0.4) is 0 Å². The number of methoxy groups -OCH3 is 2. The Kier molecular flexibility index (Phi) is 7.46. The van der Waals surface area contributed by atoms with Crippen LogP contribution in [0.2, 0.25) is 0 Å². The van der Waals surface area contributed by atoms with E-state index in [1.54, 1.807) is 26.2 Å². The normalized spacial score (nSPS) is 11.6. The fourth-order valence-corrected chi connectivity index (χ4v) is 2.82. The SMILES string of the molecule is CCc1ccc(CN(C)C(=O)N[C@H](CC)c2ccc(OC)c(OC)c2)nc1. The highest BCUT2D eigenvalue weighted by atomic mass is 16.5. The zero-order chi connectivity index (χ0) is 19.8. The van der Waals surface area contributed by atoms with Gasteiger partial charge in [0.25, 0.3) is 0 Å². The van der Waals surface area contributed by atoms with E-state index in [1.165, 1.54) is 5.56 Å². The molecule has 0 aliphatic heterocycles. The highest BCUT2D eigenvalue weighted by Gasteiger charge is 2.18. The van der Waals surface area contributed by atoms with Gasteiger partial charge in [-0.25, -0.2) is 4.79 Å². The molecule has 0 aliphatic rings. The number of pyridine rings is 1. The lowest BCUT2D eigenvalue weighted by Crippen LogP contribution is -2.39. The fourth-order valence-electron chi connectivity index (χ4n) is 2.82. The predicted molar refractivity (Wildman–Crippen MR) is 106 cm³/mol. The van der Waals surface area contributed by atoms with Gasteiger partial charge in [0.1, 0.15) is 0 Å². The molecule has 1 atom stereocenters. The smallest absolute Gasteiger partial charge is 0.317 e.